The molecule has 1 unspecified atom stereocenters. The van der Waals surface area contributed by atoms with Crippen molar-refractivity contribution >= 4 is 8.32 Å². The predicted octanol–water partition coefficient (Wildman–Crippen LogP) is 6.05. The van der Waals surface area contributed by atoms with E-state index in [0.29, 0.717) is 0 Å². The maximum absolute atomic E-state index is 6.51. The van der Waals surface area contributed by atoms with Crippen molar-refractivity contribution < 1.29 is 4.43 Å². The lowest BCUT2D eigenvalue weighted by Crippen LogP contribution is -2.51. The monoisotopic (exact) mass is 282 g/mol. The maximum Gasteiger partial charge on any atom is 0.201 e. The molecular weight excluding hydrogens is 248 g/mol. The number of hydrogen-bond donors (Lipinski definition) is 0. The van der Waals surface area contributed by atoms with Crippen LogP contribution in [-0.2, 0) is 4.43 Å². The Hall–Kier alpha value is 0.177. The van der Waals surface area contributed by atoms with E-state index in [1.807, 2.05) is 0 Å². The van der Waals surface area contributed by atoms with Gasteiger partial charge in [0.15, 0.2) is 0 Å². The van der Waals surface area contributed by atoms with Crippen LogP contribution in [0.3, 0.4) is 0 Å². The Morgan fingerprint density at radius 2 is 1.32 bits per heavy atom. The fourth-order valence-corrected chi connectivity index (χ4v) is 11.7. The van der Waals surface area contributed by atoms with Crippen LogP contribution in [0.25, 0.3) is 0 Å². The quantitative estimate of drug-likeness (QED) is 0.558. The van der Waals surface area contributed by atoms with Crippen LogP contribution in [0.4, 0.5) is 0 Å². The standard InChI is InChI=1S/C17H34OSi/c1-4-15(2)19(18-3,16-11-7-5-8-12-16)17-13-9-6-10-14-17/h15-17H,4-14H2,1-3H3. The van der Waals surface area contributed by atoms with Gasteiger partial charge in [0.05, 0.1) is 0 Å². The molecule has 2 saturated carbocycles. The van der Waals surface area contributed by atoms with Gasteiger partial charge in [-0.3, -0.25) is 0 Å². The molecule has 0 aromatic carbocycles. The molecule has 2 aliphatic carbocycles. The molecule has 0 aromatic rings. The van der Waals surface area contributed by atoms with E-state index in [9.17, 15) is 0 Å². The van der Waals surface area contributed by atoms with Crippen LogP contribution in [0.2, 0.25) is 16.6 Å². The minimum atomic E-state index is -1.57. The van der Waals surface area contributed by atoms with Crippen molar-refractivity contribution in [2.24, 2.45) is 0 Å². The molecule has 0 saturated heterocycles. The van der Waals surface area contributed by atoms with E-state index < -0.39 is 8.32 Å². The summed E-state index contributed by atoms with van der Waals surface area (Å²) in [5, 5.41) is 0. The van der Waals surface area contributed by atoms with Gasteiger partial charge in [0, 0.05) is 7.11 Å². The third-order valence-electron chi connectivity index (χ3n) is 6.22. The summed E-state index contributed by atoms with van der Waals surface area (Å²) < 4.78 is 6.51. The van der Waals surface area contributed by atoms with Crippen molar-refractivity contribution in [2.45, 2.75) is 101 Å². The average molecular weight is 283 g/mol. The molecule has 1 nitrogen and oxygen atoms in total. The van der Waals surface area contributed by atoms with Crippen LogP contribution in [0, 0.1) is 0 Å². The Labute approximate surface area is 121 Å². The van der Waals surface area contributed by atoms with Gasteiger partial charge in [-0.05, 0) is 16.6 Å². The average Bonchev–Trinajstić information content (AvgIpc) is 2.50. The second kappa shape index (κ2) is 7.26. The summed E-state index contributed by atoms with van der Waals surface area (Å²) in [5.41, 5.74) is 2.78. The zero-order valence-corrected chi connectivity index (χ0v) is 14.4. The fraction of sp³-hybridized carbons (Fsp3) is 1.00. The van der Waals surface area contributed by atoms with Gasteiger partial charge in [-0.15, -0.1) is 0 Å². The summed E-state index contributed by atoms with van der Waals surface area (Å²) in [4.78, 5) is 0. The van der Waals surface area contributed by atoms with Crippen molar-refractivity contribution in [3.63, 3.8) is 0 Å². The van der Waals surface area contributed by atoms with E-state index in [1.165, 1.54) is 70.6 Å². The second-order valence-electron chi connectivity index (χ2n) is 7.04. The summed E-state index contributed by atoms with van der Waals surface area (Å²) in [6, 6.07) is 0. The zero-order chi connectivity index (χ0) is 13.7. The normalized spacial score (nSPS) is 25.4. The lowest BCUT2D eigenvalue weighted by molar-refractivity contribution is 0.305. The first kappa shape index (κ1) is 15.6. The molecule has 112 valence electrons. The zero-order valence-electron chi connectivity index (χ0n) is 13.4. The minimum Gasteiger partial charge on any atom is -0.419 e. The molecule has 0 bridgehead atoms. The summed E-state index contributed by atoms with van der Waals surface area (Å²) in [5.74, 6) is 0. The van der Waals surface area contributed by atoms with Gasteiger partial charge in [0.1, 0.15) is 0 Å². The summed E-state index contributed by atoms with van der Waals surface area (Å²) in [6.45, 7) is 4.90. The molecule has 0 N–H and O–H groups in total. The highest BCUT2D eigenvalue weighted by Crippen LogP contribution is 2.54. The molecule has 1 atom stereocenters. The predicted molar refractivity (Wildman–Crippen MR) is 86.1 cm³/mol. The number of hydrogen-bond acceptors (Lipinski definition) is 1. The Morgan fingerprint density at radius 1 is 0.895 bits per heavy atom. The van der Waals surface area contributed by atoms with Crippen molar-refractivity contribution in [3.8, 4) is 0 Å². The van der Waals surface area contributed by atoms with Crippen LogP contribution in [0.15, 0.2) is 0 Å². The van der Waals surface area contributed by atoms with Gasteiger partial charge in [0.25, 0.3) is 0 Å². The highest BCUT2D eigenvalue weighted by atomic mass is 28.4. The third kappa shape index (κ3) is 3.10. The molecule has 0 aromatic heterocycles. The van der Waals surface area contributed by atoms with Gasteiger partial charge in [-0.1, -0.05) is 84.5 Å². The van der Waals surface area contributed by atoms with Gasteiger partial charge < -0.3 is 4.43 Å². The van der Waals surface area contributed by atoms with Gasteiger partial charge in [-0.2, -0.15) is 0 Å². The largest absolute Gasteiger partial charge is 0.419 e. The van der Waals surface area contributed by atoms with Gasteiger partial charge >= 0.3 is 0 Å². The molecule has 0 spiro atoms. The SMILES string of the molecule is CCC(C)[Si](OC)(C1CCCCC1)C1CCCCC1. The van der Waals surface area contributed by atoms with Crippen LogP contribution < -0.4 is 0 Å². The lowest BCUT2D eigenvalue weighted by Gasteiger charge is -2.49. The molecule has 2 rings (SSSR count). The van der Waals surface area contributed by atoms with Crippen LogP contribution in [0.5, 0.6) is 0 Å². The van der Waals surface area contributed by atoms with Crippen molar-refractivity contribution in [2.75, 3.05) is 7.11 Å². The molecule has 19 heavy (non-hydrogen) atoms. The van der Waals surface area contributed by atoms with Crippen molar-refractivity contribution in [1.82, 2.24) is 0 Å². The first-order chi connectivity index (χ1) is 9.25. The smallest absolute Gasteiger partial charge is 0.201 e. The lowest BCUT2D eigenvalue weighted by atomic mass is 9.99. The summed E-state index contributed by atoms with van der Waals surface area (Å²) in [7, 11) is 0.500. The summed E-state index contributed by atoms with van der Waals surface area (Å²) in [6.07, 6.45) is 16.0. The van der Waals surface area contributed by atoms with Crippen molar-refractivity contribution in [3.05, 3.63) is 0 Å². The van der Waals surface area contributed by atoms with E-state index in [2.05, 4.69) is 21.0 Å². The molecular formula is C17H34OSi. The van der Waals surface area contributed by atoms with Crippen LogP contribution in [0.1, 0.15) is 84.5 Å². The first-order valence-corrected chi connectivity index (χ1v) is 10.9. The highest BCUT2D eigenvalue weighted by molar-refractivity contribution is 6.78. The van der Waals surface area contributed by atoms with E-state index in [-0.39, 0.29) is 0 Å². The Balaban J connectivity index is 2.22. The molecule has 0 amide bonds. The van der Waals surface area contributed by atoms with E-state index in [0.717, 1.165) is 16.6 Å². The minimum absolute atomic E-state index is 0.851. The maximum atomic E-state index is 6.51. The van der Waals surface area contributed by atoms with Gasteiger partial charge in [0.2, 0.25) is 8.32 Å². The highest BCUT2D eigenvalue weighted by Gasteiger charge is 2.51. The van der Waals surface area contributed by atoms with E-state index in [1.54, 1.807) is 0 Å². The summed E-state index contributed by atoms with van der Waals surface area (Å²) >= 11 is 0. The third-order valence-corrected chi connectivity index (χ3v) is 12.6. The van der Waals surface area contributed by atoms with E-state index in [4.69, 9.17) is 4.43 Å². The van der Waals surface area contributed by atoms with Crippen LogP contribution in [-0.4, -0.2) is 15.4 Å². The molecule has 0 radical (unpaired) electrons. The van der Waals surface area contributed by atoms with E-state index >= 15 is 0 Å². The molecule has 0 aliphatic heterocycles. The second-order valence-corrected chi connectivity index (χ2v) is 11.8. The Kier molecular flexibility index (Phi) is 5.95. The molecule has 0 heterocycles. The number of rotatable bonds is 5. The van der Waals surface area contributed by atoms with Crippen molar-refractivity contribution in [1.29, 1.82) is 0 Å². The first-order valence-electron chi connectivity index (χ1n) is 8.80. The molecule has 2 aliphatic rings. The fourth-order valence-electron chi connectivity index (χ4n) is 5.10. The topological polar surface area (TPSA) is 9.23 Å². The molecule has 2 fully saturated rings. The Morgan fingerprint density at radius 3 is 1.63 bits per heavy atom. The Bertz CT molecular complexity index is 236. The van der Waals surface area contributed by atoms with Crippen LogP contribution >= 0.6 is 0 Å². The molecule has 2 heteroatoms. The van der Waals surface area contributed by atoms with Gasteiger partial charge in [-0.25, -0.2) is 0 Å².